The molecule has 1 heterocycles. The maximum absolute atomic E-state index is 13.0. The number of pyridine rings is 1. The Balaban J connectivity index is 0.00000363. The molecular weight excluding hydrogens is 483 g/mol. The van der Waals surface area contributed by atoms with Crippen molar-refractivity contribution in [1.82, 2.24) is 4.98 Å². The Hall–Kier alpha value is -1.54. The van der Waals surface area contributed by atoms with Gasteiger partial charge in [-0.25, -0.2) is 9.37 Å². The number of aromatic nitrogens is 1. The molecule has 9 heteroatoms. The van der Waals surface area contributed by atoms with Gasteiger partial charge in [0.15, 0.2) is 0 Å². The molecule has 0 radical (unpaired) electrons. The Morgan fingerprint density at radius 1 is 1.09 bits per heavy atom. The van der Waals surface area contributed by atoms with Crippen molar-refractivity contribution in [2.45, 2.75) is 17.1 Å². The summed E-state index contributed by atoms with van der Waals surface area (Å²) in [5.41, 5.74) is 1.99. The fourth-order valence-corrected chi connectivity index (χ4v) is 4.26. The zero-order valence-electron chi connectivity index (χ0n) is 17.2. The first-order valence-corrected chi connectivity index (χ1v) is 11.0. The van der Waals surface area contributed by atoms with Gasteiger partial charge in [-0.15, -0.1) is 11.8 Å². The maximum Gasteiger partial charge on any atom is 1.00 e. The number of aliphatic carboxylic acids is 1. The van der Waals surface area contributed by atoms with Crippen LogP contribution in [0.5, 0.6) is 5.75 Å². The number of carboxylic acids is 1. The summed E-state index contributed by atoms with van der Waals surface area (Å²) >= 11 is 13.8. The van der Waals surface area contributed by atoms with E-state index in [4.69, 9.17) is 27.9 Å². The topological polar surface area (TPSA) is 62.2 Å². The largest absolute Gasteiger partial charge is 1.00 e. The van der Waals surface area contributed by atoms with E-state index in [1.807, 2.05) is 0 Å². The van der Waals surface area contributed by atoms with Crippen LogP contribution >= 0.6 is 35.0 Å². The molecule has 1 aromatic heterocycles. The Morgan fingerprint density at radius 3 is 2.44 bits per heavy atom. The van der Waals surface area contributed by atoms with Crippen LogP contribution in [-0.2, 0) is 17.0 Å². The standard InChI is InChI=1S/C23H18Cl2FNO3S.Na/c24-18-2-1-3-19(25)23(18)31-14-17-8-10-21(20(27-17)9-11-22(28)29)30-13-12-15-4-6-16(26)7-5-15;/h1-11H,12-14H2,(H,28,29);/q;+1/p-1. The third kappa shape index (κ3) is 8.10. The van der Waals surface area contributed by atoms with Crippen molar-refractivity contribution in [3.63, 3.8) is 0 Å². The van der Waals surface area contributed by atoms with E-state index in [1.165, 1.54) is 30.0 Å². The first-order chi connectivity index (χ1) is 14.9. The molecule has 0 spiro atoms. The Morgan fingerprint density at radius 2 is 1.78 bits per heavy atom. The van der Waals surface area contributed by atoms with Crippen LogP contribution in [0.25, 0.3) is 6.08 Å². The number of nitrogens with zero attached hydrogens (tertiary/aromatic N) is 1. The van der Waals surface area contributed by atoms with Crippen LogP contribution in [0.3, 0.4) is 0 Å². The van der Waals surface area contributed by atoms with Gasteiger partial charge in [0.25, 0.3) is 0 Å². The molecule has 4 nitrogen and oxygen atoms in total. The van der Waals surface area contributed by atoms with Gasteiger partial charge in [0.2, 0.25) is 0 Å². The predicted octanol–water partition coefficient (Wildman–Crippen LogP) is 2.21. The maximum atomic E-state index is 13.0. The Kier molecular flexibility index (Phi) is 11.0. The first-order valence-electron chi connectivity index (χ1n) is 9.25. The minimum Gasteiger partial charge on any atom is -0.545 e. The van der Waals surface area contributed by atoms with Crippen LogP contribution in [-0.4, -0.2) is 17.6 Å². The fourth-order valence-electron chi connectivity index (χ4n) is 2.67. The monoisotopic (exact) mass is 499 g/mol. The van der Waals surface area contributed by atoms with Gasteiger partial charge in [-0.3, -0.25) is 0 Å². The average Bonchev–Trinajstić information content (AvgIpc) is 2.74. The first kappa shape index (κ1) is 26.7. The number of hydrogen-bond donors (Lipinski definition) is 0. The van der Waals surface area contributed by atoms with Gasteiger partial charge in [-0.1, -0.05) is 41.4 Å². The summed E-state index contributed by atoms with van der Waals surface area (Å²) in [6.07, 6.45) is 2.79. The molecule has 0 aliphatic heterocycles. The van der Waals surface area contributed by atoms with E-state index in [0.717, 1.165) is 16.5 Å². The van der Waals surface area contributed by atoms with Crippen LogP contribution in [0.2, 0.25) is 10.0 Å². The van der Waals surface area contributed by atoms with Crippen molar-refractivity contribution in [1.29, 1.82) is 0 Å². The molecule has 0 bridgehead atoms. The van der Waals surface area contributed by atoms with Crippen LogP contribution in [0, 0.1) is 5.82 Å². The number of benzene rings is 2. The van der Waals surface area contributed by atoms with Crippen LogP contribution < -0.4 is 39.4 Å². The van der Waals surface area contributed by atoms with E-state index in [0.29, 0.717) is 46.0 Å². The molecule has 0 saturated heterocycles. The molecule has 0 N–H and O–H groups in total. The average molecular weight is 500 g/mol. The predicted molar refractivity (Wildman–Crippen MR) is 120 cm³/mol. The van der Waals surface area contributed by atoms with E-state index in [9.17, 15) is 14.3 Å². The number of halogens is 3. The molecule has 160 valence electrons. The molecule has 0 fully saturated rings. The third-order valence-corrected chi connectivity index (χ3v) is 6.19. The van der Waals surface area contributed by atoms with Gasteiger partial charge in [0, 0.05) is 17.1 Å². The Labute approximate surface area is 222 Å². The number of carboxylic acid groups (broad SMARTS) is 1. The molecule has 3 rings (SSSR count). The minimum absolute atomic E-state index is 0. The van der Waals surface area contributed by atoms with Crippen molar-refractivity contribution in [2.24, 2.45) is 0 Å². The zero-order chi connectivity index (χ0) is 22.2. The number of carbonyl (C=O) groups excluding carboxylic acids is 1. The molecule has 0 saturated carbocycles. The van der Waals surface area contributed by atoms with E-state index >= 15 is 0 Å². The van der Waals surface area contributed by atoms with Gasteiger partial charge in [0.1, 0.15) is 17.3 Å². The second-order valence-corrected chi connectivity index (χ2v) is 8.20. The Bertz CT molecular complexity index is 1080. The van der Waals surface area contributed by atoms with E-state index in [-0.39, 0.29) is 35.4 Å². The summed E-state index contributed by atoms with van der Waals surface area (Å²) < 4.78 is 18.8. The molecule has 0 unspecified atom stereocenters. The zero-order valence-corrected chi connectivity index (χ0v) is 21.5. The molecule has 0 aliphatic rings. The number of thioether (sulfide) groups is 1. The van der Waals surface area contributed by atoms with Gasteiger partial charge in [-0.05, 0) is 54.1 Å². The van der Waals surface area contributed by atoms with Crippen molar-refractivity contribution in [3.05, 3.63) is 93.5 Å². The second kappa shape index (κ2) is 13.2. The summed E-state index contributed by atoms with van der Waals surface area (Å²) in [5, 5.41) is 12.0. The van der Waals surface area contributed by atoms with Crippen molar-refractivity contribution in [3.8, 4) is 5.75 Å². The van der Waals surface area contributed by atoms with E-state index in [2.05, 4.69) is 4.98 Å². The molecule has 0 aliphatic carbocycles. The minimum atomic E-state index is -1.33. The number of hydrogen-bond acceptors (Lipinski definition) is 5. The summed E-state index contributed by atoms with van der Waals surface area (Å²) in [6.45, 7) is 0.322. The summed E-state index contributed by atoms with van der Waals surface area (Å²) in [5.74, 6) is -0.716. The smallest absolute Gasteiger partial charge is 0.545 e. The summed E-state index contributed by atoms with van der Waals surface area (Å²) in [7, 11) is 0. The van der Waals surface area contributed by atoms with Gasteiger partial charge in [-0.2, -0.15) is 0 Å². The van der Waals surface area contributed by atoms with E-state index in [1.54, 1.807) is 42.5 Å². The number of carbonyl (C=O) groups is 1. The van der Waals surface area contributed by atoms with Crippen LogP contribution in [0.4, 0.5) is 4.39 Å². The number of ether oxygens (including phenoxy) is 1. The van der Waals surface area contributed by atoms with Gasteiger partial charge in [0.05, 0.1) is 28.3 Å². The van der Waals surface area contributed by atoms with Gasteiger partial charge < -0.3 is 14.6 Å². The molecule has 0 atom stereocenters. The third-order valence-electron chi connectivity index (χ3n) is 4.17. The second-order valence-electron chi connectivity index (χ2n) is 6.40. The summed E-state index contributed by atoms with van der Waals surface area (Å²) in [6, 6.07) is 15.0. The van der Waals surface area contributed by atoms with E-state index < -0.39 is 5.97 Å². The fraction of sp³-hybridized carbons (Fsp3) is 0.130. The normalized spacial score (nSPS) is 10.7. The quantitative estimate of drug-likeness (QED) is 0.256. The van der Waals surface area contributed by atoms with Crippen LogP contribution in [0.1, 0.15) is 17.0 Å². The van der Waals surface area contributed by atoms with Crippen LogP contribution in [0.15, 0.2) is 65.6 Å². The SMILES string of the molecule is O=C([O-])C=Cc1nc(CSc2c(Cl)cccc2Cl)ccc1OCCc1ccc(F)cc1.[Na+]. The van der Waals surface area contributed by atoms with Crippen molar-refractivity contribution >= 4 is 47.0 Å². The molecule has 3 aromatic rings. The molecule has 32 heavy (non-hydrogen) atoms. The molecule has 0 amide bonds. The van der Waals surface area contributed by atoms with Crippen molar-refractivity contribution < 1.29 is 48.6 Å². The number of rotatable bonds is 9. The molecular formula is C23H17Cl2FNNaO3S. The molecule has 2 aromatic carbocycles. The van der Waals surface area contributed by atoms with Gasteiger partial charge >= 0.3 is 29.6 Å². The summed E-state index contributed by atoms with van der Waals surface area (Å²) in [4.78, 5) is 16.1. The van der Waals surface area contributed by atoms with Crippen molar-refractivity contribution in [2.75, 3.05) is 6.61 Å².